The van der Waals surface area contributed by atoms with Gasteiger partial charge in [-0.2, -0.15) is 5.10 Å². The van der Waals surface area contributed by atoms with Gasteiger partial charge in [0.05, 0.1) is 5.54 Å². The van der Waals surface area contributed by atoms with E-state index in [1.54, 1.807) is 0 Å². The number of nitrogens with one attached hydrogen (secondary N) is 2. The predicted molar refractivity (Wildman–Crippen MR) is 84.8 cm³/mol. The fraction of sp³-hybridized carbons (Fsp3) is 0.688. The lowest BCUT2D eigenvalue weighted by Crippen LogP contribution is -2.38. The first-order chi connectivity index (χ1) is 10.2. The molecule has 22 heavy (non-hydrogen) atoms. The molecule has 1 fully saturated rings. The fourth-order valence-electron chi connectivity index (χ4n) is 2.59. The number of rotatable bonds is 4. The molecule has 1 atom stereocenters. The molecular weight excluding hydrogens is 280 g/mol. The number of carbonyl (C=O) groups excluding carboxylic acids is 2. The summed E-state index contributed by atoms with van der Waals surface area (Å²) < 4.78 is 1.92. The van der Waals surface area contributed by atoms with Crippen LogP contribution >= 0.6 is 0 Å². The molecular formula is C16H26N4O2. The van der Waals surface area contributed by atoms with Gasteiger partial charge in [-0.15, -0.1) is 0 Å². The molecule has 0 saturated carbocycles. The van der Waals surface area contributed by atoms with Crippen molar-refractivity contribution in [3.05, 3.63) is 17.5 Å². The molecule has 0 aliphatic carbocycles. The predicted octanol–water partition coefficient (Wildman–Crippen LogP) is 1.77. The maximum Gasteiger partial charge on any atom is 0.271 e. The van der Waals surface area contributed by atoms with Crippen molar-refractivity contribution < 1.29 is 9.59 Å². The minimum atomic E-state index is -0.189. The third kappa shape index (κ3) is 3.67. The van der Waals surface area contributed by atoms with E-state index in [-0.39, 0.29) is 23.4 Å². The third-order valence-corrected chi connectivity index (χ3v) is 3.79. The molecule has 0 aromatic carbocycles. The van der Waals surface area contributed by atoms with Gasteiger partial charge in [-0.1, -0.05) is 13.8 Å². The molecule has 2 amide bonds. The van der Waals surface area contributed by atoms with E-state index < -0.39 is 0 Å². The van der Waals surface area contributed by atoms with Crippen LogP contribution in [0.2, 0.25) is 0 Å². The summed E-state index contributed by atoms with van der Waals surface area (Å²) in [7, 11) is 0. The van der Waals surface area contributed by atoms with Crippen LogP contribution in [0.3, 0.4) is 0 Å². The Morgan fingerprint density at radius 3 is 2.64 bits per heavy atom. The molecule has 0 spiro atoms. The highest BCUT2D eigenvalue weighted by molar-refractivity contribution is 5.92. The van der Waals surface area contributed by atoms with Crippen LogP contribution in [0.5, 0.6) is 0 Å². The van der Waals surface area contributed by atoms with Crippen molar-refractivity contribution in [1.82, 2.24) is 20.4 Å². The largest absolute Gasteiger partial charge is 0.352 e. The lowest BCUT2D eigenvalue weighted by atomic mass is 10.1. The molecule has 6 heteroatoms. The third-order valence-electron chi connectivity index (χ3n) is 3.79. The standard InChI is InChI=1S/C16H26N4O2/c1-10(2)13-8-12(19-20(13)16(3,4)5)15(22)17-9-11-6-7-14(21)18-11/h8,10-11H,6-7,9H2,1-5H3,(H,17,22)(H,18,21)/t11-/m1/s1. The molecule has 6 nitrogen and oxygen atoms in total. The Bertz CT molecular complexity index is 569. The minimum Gasteiger partial charge on any atom is -0.352 e. The lowest BCUT2D eigenvalue weighted by Gasteiger charge is -2.23. The maximum atomic E-state index is 12.3. The van der Waals surface area contributed by atoms with E-state index >= 15 is 0 Å². The first-order valence-electron chi connectivity index (χ1n) is 7.86. The number of hydrogen-bond donors (Lipinski definition) is 2. The first kappa shape index (κ1) is 16.5. The van der Waals surface area contributed by atoms with Crippen molar-refractivity contribution in [2.24, 2.45) is 0 Å². The second-order valence-electron chi connectivity index (χ2n) is 7.20. The summed E-state index contributed by atoms with van der Waals surface area (Å²) in [4.78, 5) is 23.5. The van der Waals surface area contributed by atoms with E-state index in [1.165, 1.54) is 0 Å². The highest BCUT2D eigenvalue weighted by Crippen LogP contribution is 2.23. The Morgan fingerprint density at radius 1 is 1.50 bits per heavy atom. The summed E-state index contributed by atoms with van der Waals surface area (Å²) >= 11 is 0. The van der Waals surface area contributed by atoms with Crippen LogP contribution in [0.4, 0.5) is 0 Å². The number of hydrogen-bond acceptors (Lipinski definition) is 3. The SMILES string of the molecule is CC(C)c1cc(C(=O)NC[C@H]2CCC(=O)N2)nn1C(C)(C)C. The highest BCUT2D eigenvalue weighted by Gasteiger charge is 2.25. The average molecular weight is 306 g/mol. The van der Waals surface area contributed by atoms with Gasteiger partial charge >= 0.3 is 0 Å². The minimum absolute atomic E-state index is 0.0331. The Balaban J connectivity index is 2.08. The zero-order valence-corrected chi connectivity index (χ0v) is 14.1. The van der Waals surface area contributed by atoms with E-state index in [1.807, 2.05) is 10.7 Å². The van der Waals surface area contributed by atoms with Crippen LogP contribution in [0.15, 0.2) is 6.07 Å². The Labute approximate surface area is 131 Å². The number of carbonyl (C=O) groups is 2. The van der Waals surface area contributed by atoms with Gasteiger partial charge in [0.2, 0.25) is 5.91 Å². The van der Waals surface area contributed by atoms with Gasteiger partial charge in [0.25, 0.3) is 5.91 Å². The van der Waals surface area contributed by atoms with Gasteiger partial charge in [0, 0.05) is 24.7 Å². The monoisotopic (exact) mass is 306 g/mol. The number of aromatic nitrogens is 2. The van der Waals surface area contributed by atoms with Crippen molar-refractivity contribution in [2.45, 2.75) is 65.0 Å². The summed E-state index contributed by atoms with van der Waals surface area (Å²) in [5, 5.41) is 10.2. The van der Waals surface area contributed by atoms with Crippen molar-refractivity contribution >= 4 is 11.8 Å². The molecule has 1 saturated heterocycles. The quantitative estimate of drug-likeness (QED) is 0.890. The molecule has 0 radical (unpaired) electrons. The van der Waals surface area contributed by atoms with Crippen molar-refractivity contribution in [3.8, 4) is 0 Å². The Morgan fingerprint density at radius 2 is 2.18 bits per heavy atom. The maximum absolute atomic E-state index is 12.3. The molecule has 1 aromatic heterocycles. The first-order valence-corrected chi connectivity index (χ1v) is 7.86. The van der Waals surface area contributed by atoms with Crippen molar-refractivity contribution in [2.75, 3.05) is 6.54 Å². The van der Waals surface area contributed by atoms with Crippen LogP contribution in [-0.2, 0) is 10.3 Å². The van der Waals surface area contributed by atoms with Crippen LogP contribution in [0, 0.1) is 0 Å². The second-order valence-corrected chi connectivity index (χ2v) is 7.20. The molecule has 2 heterocycles. The van der Waals surface area contributed by atoms with Crippen LogP contribution in [0.1, 0.15) is 69.6 Å². The molecule has 2 N–H and O–H groups in total. The Kier molecular flexibility index (Phi) is 4.58. The van der Waals surface area contributed by atoms with Crippen LogP contribution in [-0.4, -0.2) is 34.2 Å². The van der Waals surface area contributed by atoms with Gasteiger partial charge in [-0.25, -0.2) is 0 Å². The van der Waals surface area contributed by atoms with E-state index in [9.17, 15) is 9.59 Å². The summed E-state index contributed by atoms with van der Waals surface area (Å²) in [6, 6.07) is 1.89. The molecule has 1 aliphatic rings. The summed E-state index contributed by atoms with van der Waals surface area (Å²) in [6.07, 6.45) is 1.31. The van der Waals surface area contributed by atoms with E-state index in [0.29, 0.717) is 24.6 Å². The van der Waals surface area contributed by atoms with Gasteiger partial charge < -0.3 is 10.6 Å². The van der Waals surface area contributed by atoms with Gasteiger partial charge in [0.15, 0.2) is 0 Å². The van der Waals surface area contributed by atoms with Crippen LogP contribution in [0.25, 0.3) is 0 Å². The van der Waals surface area contributed by atoms with E-state index in [2.05, 4.69) is 50.4 Å². The van der Waals surface area contributed by atoms with Crippen LogP contribution < -0.4 is 10.6 Å². The zero-order chi connectivity index (χ0) is 16.5. The molecule has 1 aromatic rings. The van der Waals surface area contributed by atoms with Crippen molar-refractivity contribution in [1.29, 1.82) is 0 Å². The fourth-order valence-corrected chi connectivity index (χ4v) is 2.59. The van der Waals surface area contributed by atoms with Gasteiger partial charge in [-0.3, -0.25) is 14.3 Å². The lowest BCUT2D eigenvalue weighted by molar-refractivity contribution is -0.119. The second kappa shape index (κ2) is 6.10. The normalized spacial score (nSPS) is 18.6. The number of amides is 2. The average Bonchev–Trinajstić information content (AvgIpc) is 3.01. The topological polar surface area (TPSA) is 76.0 Å². The number of nitrogens with zero attached hydrogens (tertiary/aromatic N) is 2. The summed E-state index contributed by atoms with van der Waals surface area (Å²) in [6.45, 7) is 10.8. The molecule has 122 valence electrons. The molecule has 0 bridgehead atoms. The smallest absolute Gasteiger partial charge is 0.271 e. The van der Waals surface area contributed by atoms with Crippen molar-refractivity contribution in [3.63, 3.8) is 0 Å². The van der Waals surface area contributed by atoms with E-state index in [4.69, 9.17) is 0 Å². The molecule has 1 aliphatic heterocycles. The highest BCUT2D eigenvalue weighted by atomic mass is 16.2. The van der Waals surface area contributed by atoms with E-state index in [0.717, 1.165) is 12.1 Å². The van der Waals surface area contributed by atoms with Gasteiger partial charge in [0.1, 0.15) is 5.69 Å². The summed E-state index contributed by atoms with van der Waals surface area (Å²) in [5.74, 6) is 0.159. The van der Waals surface area contributed by atoms with Gasteiger partial charge in [-0.05, 0) is 39.2 Å². The zero-order valence-electron chi connectivity index (χ0n) is 14.1. The summed E-state index contributed by atoms with van der Waals surface area (Å²) in [5.41, 5.74) is 1.31. The Hall–Kier alpha value is -1.85. The molecule has 0 unspecified atom stereocenters. The molecule has 2 rings (SSSR count).